The van der Waals surface area contributed by atoms with E-state index in [4.69, 9.17) is 4.74 Å². The molecule has 0 bridgehead atoms. The standard InChI is InChI=1S/C13H20N2O3S/c1-2-18-13(17)11-12(16)14-10(19-11)9-15-7-5-3-4-6-8-15/h16H,2-9H2,1H3. The summed E-state index contributed by atoms with van der Waals surface area (Å²) in [6.07, 6.45) is 4.99. The summed E-state index contributed by atoms with van der Waals surface area (Å²) in [6, 6.07) is 0. The van der Waals surface area contributed by atoms with E-state index in [0.717, 1.165) is 18.1 Å². The third-order valence-electron chi connectivity index (χ3n) is 3.17. The van der Waals surface area contributed by atoms with E-state index in [1.807, 2.05) is 0 Å². The molecule has 6 heteroatoms. The second kappa shape index (κ2) is 6.86. The van der Waals surface area contributed by atoms with Crippen molar-refractivity contribution >= 4 is 17.3 Å². The molecule has 1 aromatic heterocycles. The summed E-state index contributed by atoms with van der Waals surface area (Å²) >= 11 is 1.23. The smallest absolute Gasteiger partial charge is 0.353 e. The van der Waals surface area contributed by atoms with Gasteiger partial charge in [-0.2, -0.15) is 0 Å². The van der Waals surface area contributed by atoms with Crippen molar-refractivity contribution in [3.8, 4) is 5.88 Å². The predicted molar refractivity (Wildman–Crippen MR) is 73.5 cm³/mol. The second-order valence-corrected chi connectivity index (χ2v) is 5.75. The lowest BCUT2D eigenvalue weighted by Gasteiger charge is -2.17. The number of carbonyl (C=O) groups excluding carboxylic acids is 1. The summed E-state index contributed by atoms with van der Waals surface area (Å²) in [5.41, 5.74) is 0. The Bertz CT molecular complexity index is 426. The molecule has 0 unspecified atom stereocenters. The van der Waals surface area contributed by atoms with Crippen LogP contribution in [0.25, 0.3) is 0 Å². The lowest BCUT2D eigenvalue weighted by atomic mass is 10.2. The van der Waals surface area contributed by atoms with E-state index in [9.17, 15) is 9.90 Å². The van der Waals surface area contributed by atoms with Crippen molar-refractivity contribution in [1.29, 1.82) is 0 Å². The van der Waals surface area contributed by atoms with Crippen LogP contribution in [0.1, 0.15) is 47.3 Å². The van der Waals surface area contributed by atoms with E-state index in [1.165, 1.54) is 37.0 Å². The van der Waals surface area contributed by atoms with Crippen molar-refractivity contribution in [3.05, 3.63) is 9.88 Å². The number of likely N-dealkylation sites (tertiary alicyclic amines) is 1. The van der Waals surface area contributed by atoms with Crippen molar-refractivity contribution in [3.63, 3.8) is 0 Å². The topological polar surface area (TPSA) is 62.7 Å². The van der Waals surface area contributed by atoms with Gasteiger partial charge in [-0.1, -0.05) is 12.8 Å². The fourth-order valence-electron chi connectivity index (χ4n) is 2.24. The minimum absolute atomic E-state index is 0.201. The Balaban J connectivity index is 2.00. The van der Waals surface area contributed by atoms with Gasteiger partial charge >= 0.3 is 5.97 Å². The first-order chi connectivity index (χ1) is 9.20. The van der Waals surface area contributed by atoms with Crippen molar-refractivity contribution in [2.24, 2.45) is 0 Å². The highest BCUT2D eigenvalue weighted by molar-refractivity contribution is 7.13. The number of carbonyl (C=O) groups is 1. The van der Waals surface area contributed by atoms with Crippen LogP contribution in [-0.2, 0) is 11.3 Å². The molecule has 0 spiro atoms. The number of ether oxygens (including phenoxy) is 1. The van der Waals surface area contributed by atoms with E-state index in [0.29, 0.717) is 13.2 Å². The van der Waals surface area contributed by atoms with Crippen LogP contribution in [-0.4, -0.2) is 40.7 Å². The maximum absolute atomic E-state index is 11.6. The Morgan fingerprint density at radius 1 is 1.37 bits per heavy atom. The number of nitrogens with zero attached hydrogens (tertiary/aromatic N) is 2. The number of esters is 1. The monoisotopic (exact) mass is 284 g/mol. The Labute approximate surface area is 117 Å². The quantitative estimate of drug-likeness (QED) is 0.860. The molecule has 19 heavy (non-hydrogen) atoms. The molecule has 0 radical (unpaired) electrons. The number of thiazole rings is 1. The van der Waals surface area contributed by atoms with E-state index < -0.39 is 5.97 Å². The molecule has 0 amide bonds. The molecule has 1 fully saturated rings. The number of hydrogen-bond donors (Lipinski definition) is 1. The highest BCUT2D eigenvalue weighted by Gasteiger charge is 2.20. The summed E-state index contributed by atoms with van der Waals surface area (Å²) in [7, 11) is 0. The van der Waals surface area contributed by atoms with Gasteiger partial charge in [0.25, 0.3) is 0 Å². The number of rotatable bonds is 4. The fourth-order valence-corrected chi connectivity index (χ4v) is 3.13. The lowest BCUT2D eigenvalue weighted by molar-refractivity contribution is 0.0528. The van der Waals surface area contributed by atoms with Crippen molar-refractivity contribution in [2.45, 2.75) is 39.2 Å². The minimum Gasteiger partial charge on any atom is -0.492 e. The molecule has 2 rings (SSSR count). The van der Waals surface area contributed by atoms with Crippen LogP contribution in [0.2, 0.25) is 0 Å². The van der Waals surface area contributed by atoms with Gasteiger partial charge in [-0.05, 0) is 32.9 Å². The van der Waals surface area contributed by atoms with Gasteiger partial charge in [-0.3, -0.25) is 4.90 Å². The van der Waals surface area contributed by atoms with Gasteiger partial charge in [0, 0.05) is 0 Å². The molecule has 0 aromatic carbocycles. The lowest BCUT2D eigenvalue weighted by Crippen LogP contribution is -2.23. The number of hydrogen-bond acceptors (Lipinski definition) is 6. The second-order valence-electron chi connectivity index (χ2n) is 4.67. The first kappa shape index (κ1) is 14.3. The van der Waals surface area contributed by atoms with Crippen LogP contribution in [0.15, 0.2) is 0 Å². The van der Waals surface area contributed by atoms with Crippen LogP contribution in [0, 0.1) is 0 Å². The maximum Gasteiger partial charge on any atom is 0.353 e. The van der Waals surface area contributed by atoms with E-state index in [-0.39, 0.29) is 10.8 Å². The normalized spacial score (nSPS) is 17.1. The molecule has 5 nitrogen and oxygen atoms in total. The molecule has 1 N–H and O–H groups in total. The zero-order valence-corrected chi connectivity index (χ0v) is 12.0. The highest BCUT2D eigenvalue weighted by Crippen LogP contribution is 2.26. The van der Waals surface area contributed by atoms with Crippen molar-refractivity contribution in [2.75, 3.05) is 19.7 Å². The molecule has 1 aromatic rings. The molecular weight excluding hydrogens is 264 g/mol. The van der Waals surface area contributed by atoms with Gasteiger partial charge in [0.2, 0.25) is 5.88 Å². The fraction of sp³-hybridized carbons (Fsp3) is 0.692. The Hall–Kier alpha value is -1.14. The van der Waals surface area contributed by atoms with Crippen LogP contribution in [0.5, 0.6) is 5.88 Å². The van der Waals surface area contributed by atoms with Crippen LogP contribution in [0.3, 0.4) is 0 Å². The summed E-state index contributed by atoms with van der Waals surface area (Å²) in [4.78, 5) is 18.2. The third-order valence-corrected chi connectivity index (χ3v) is 4.18. The summed E-state index contributed by atoms with van der Waals surface area (Å²) in [6.45, 7) is 4.88. The maximum atomic E-state index is 11.6. The predicted octanol–water partition coefficient (Wildman–Crippen LogP) is 2.40. The molecule has 0 aliphatic carbocycles. The molecule has 1 saturated heterocycles. The molecular formula is C13H20N2O3S. The van der Waals surface area contributed by atoms with Gasteiger partial charge in [0.15, 0.2) is 4.88 Å². The molecule has 0 saturated carbocycles. The Morgan fingerprint density at radius 2 is 2.05 bits per heavy atom. The van der Waals surface area contributed by atoms with Gasteiger partial charge in [0.05, 0.1) is 13.2 Å². The van der Waals surface area contributed by atoms with E-state index in [1.54, 1.807) is 6.92 Å². The Morgan fingerprint density at radius 3 is 2.68 bits per heavy atom. The van der Waals surface area contributed by atoms with Gasteiger partial charge < -0.3 is 9.84 Å². The van der Waals surface area contributed by atoms with Crippen molar-refractivity contribution in [1.82, 2.24) is 9.88 Å². The van der Waals surface area contributed by atoms with Crippen LogP contribution in [0.4, 0.5) is 0 Å². The SMILES string of the molecule is CCOC(=O)c1sc(CN2CCCCCC2)nc1O. The first-order valence-corrected chi connectivity index (χ1v) is 7.60. The average molecular weight is 284 g/mol. The molecule has 1 aliphatic heterocycles. The van der Waals surface area contributed by atoms with Crippen molar-refractivity contribution < 1.29 is 14.6 Å². The number of aromatic hydroxyl groups is 1. The van der Waals surface area contributed by atoms with Crippen LogP contribution >= 0.6 is 11.3 Å². The molecule has 106 valence electrons. The van der Waals surface area contributed by atoms with Gasteiger partial charge in [-0.15, -0.1) is 11.3 Å². The average Bonchev–Trinajstić information content (AvgIpc) is 2.59. The van der Waals surface area contributed by atoms with E-state index in [2.05, 4.69) is 9.88 Å². The summed E-state index contributed by atoms with van der Waals surface area (Å²) in [5, 5.41) is 10.5. The zero-order chi connectivity index (χ0) is 13.7. The minimum atomic E-state index is -0.486. The van der Waals surface area contributed by atoms with Gasteiger partial charge in [-0.25, -0.2) is 9.78 Å². The first-order valence-electron chi connectivity index (χ1n) is 6.79. The molecule has 0 atom stereocenters. The van der Waals surface area contributed by atoms with Gasteiger partial charge in [0.1, 0.15) is 5.01 Å². The summed E-state index contributed by atoms with van der Waals surface area (Å²) < 4.78 is 4.89. The van der Waals surface area contributed by atoms with E-state index >= 15 is 0 Å². The summed E-state index contributed by atoms with van der Waals surface area (Å²) in [5.74, 6) is -0.687. The molecule has 2 heterocycles. The Kier molecular flexibility index (Phi) is 5.15. The van der Waals surface area contributed by atoms with Crippen LogP contribution < -0.4 is 0 Å². The molecule has 1 aliphatic rings. The number of aromatic nitrogens is 1. The zero-order valence-electron chi connectivity index (χ0n) is 11.2. The highest BCUT2D eigenvalue weighted by atomic mass is 32.1. The third kappa shape index (κ3) is 3.91. The largest absolute Gasteiger partial charge is 0.492 e.